The van der Waals surface area contributed by atoms with Gasteiger partial charge >= 0.3 is 0 Å². The van der Waals surface area contributed by atoms with Crippen LogP contribution >= 0.6 is 0 Å². The average molecular weight is 330 g/mol. The van der Waals surface area contributed by atoms with Crippen LogP contribution in [0.5, 0.6) is 0 Å². The second kappa shape index (κ2) is 8.58. The first-order valence-corrected chi connectivity index (χ1v) is 9.78. The highest BCUT2D eigenvalue weighted by molar-refractivity contribution is 5.94. The molecule has 3 nitrogen and oxygen atoms in total. The Morgan fingerprint density at radius 3 is 2.67 bits per heavy atom. The van der Waals surface area contributed by atoms with Gasteiger partial charge in [-0.25, -0.2) is 0 Å². The molecule has 3 heteroatoms. The normalized spacial score (nSPS) is 23.2. The Kier molecular flexibility index (Phi) is 6.74. The Balaban J connectivity index is 2.30. The number of hydrogen-bond donors (Lipinski definition) is 0. The van der Waals surface area contributed by atoms with E-state index in [1.807, 2.05) is 0 Å². The standard InChI is InChI=1S/C21H35N3/c1-6-9-15-23(14-8-3)20-16-18(4)22-24-17-21(5,12-7-2)13-10-11-19(20)24/h10,16H,6-9,12-15,17H2,1-5H3. The Bertz CT molecular complexity index is 551. The molecule has 2 aliphatic rings. The summed E-state index contributed by atoms with van der Waals surface area (Å²) in [4.78, 5) is 2.54. The number of hydrazone groups is 1. The molecular weight excluding hydrogens is 294 g/mol. The number of allylic oxidation sites excluding steroid dienone is 1. The van der Waals surface area contributed by atoms with Gasteiger partial charge in [-0.05, 0) is 50.2 Å². The van der Waals surface area contributed by atoms with Crippen molar-refractivity contribution < 1.29 is 0 Å². The number of unbranched alkanes of at least 4 members (excludes halogenated alkanes) is 1. The highest BCUT2D eigenvalue weighted by Gasteiger charge is 2.32. The molecule has 0 saturated carbocycles. The molecule has 2 heterocycles. The summed E-state index contributed by atoms with van der Waals surface area (Å²) in [5, 5.41) is 7.06. The van der Waals surface area contributed by atoms with E-state index in [4.69, 9.17) is 5.10 Å². The molecule has 1 unspecified atom stereocenters. The zero-order chi connectivity index (χ0) is 17.6. The van der Waals surface area contributed by atoms with Crippen LogP contribution in [0.3, 0.4) is 0 Å². The summed E-state index contributed by atoms with van der Waals surface area (Å²) in [6.45, 7) is 14.5. The van der Waals surface area contributed by atoms with Crippen LogP contribution in [-0.2, 0) is 0 Å². The van der Waals surface area contributed by atoms with Crippen molar-refractivity contribution in [1.29, 1.82) is 0 Å². The van der Waals surface area contributed by atoms with Gasteiger partial charge in [0.2, 0.25) is 0 Å². The summed E-state index contributed by atoms with van der Waals surface area (Å²) in [5.74, 6) is 0. The van der Waals surface area contributed by atoms with Crippen LogP contribution in [0.25, 0.3) is 0 Å². The quantitative estimate of drug-likeness (QED) is 0.561. The number of hydrogen-bond acceptors (Lipinski definition) is 3. The summed E-state index contributed by atoms with van der Waals surface area (Å²) in [6, 6.07) is 0. The number of fused-ring (bicyclic) bond motifs is 1. The van der Waals surface area contributed by atoms with Crippen molar-refractivity contribution in [1.82, 2.24) is 9.91 Å². The SMILES string of the molecule is CCCCN(CCC)C1=CC(C)=NN2CC(C)(CCC)CC=C=C12. The Morgan fingerprint density at radius 1 is 1.21 bits per heavy atom. The molecule has 0 aromatic rings. The Morgan fingerprint density at radius 2 is 2.00 bits per heavy atom. The lowest BCUT2D eigenvalue weighted by Crippen LogP contribution is -2.37. The van der Waals surface area contributed by atoms with Crippen LogP contribution in [0, 0.1) is 5.41 Å². The first-order valence-electron chi connectivity index (χ1n) is 9.78. The van der Waals surface area contributed by atoms with Gasteiger partial charge in [0, 0.05) is 19.6 Å². The summed E-state index contributed by atoms with van der Waals surface area (Å²) < 4.78 is 0. The van der Waals surface area contributed by atoms with E-state index in [9.17, 15) is 0 Å². The second-order valence-electron chi connectivity index (χ2n) is 7.63. The largest absolute Gasteiger partial charge is 0.369 e. The van der Waals surface area contributed by atoms with Crippen molar-refractivity contribution >= 4 is 5.71 Å². The van der Waals surface area contributed by atoms with E-state index in [1.54, 1.807) is 0 Å². The summed E-state index contributed by atoms with van der Waals surface area (Å²) in [6.07, 6.45) is 11.7. The molecule has 0 aromatic carbocycles. The molecule has 1 atom stereocenters. The Hall–Kier alpha value is -1.47. The van der Waals surface area contributed by atoms with Gasteiger partial charge < -0.3 is 4.90 Å². The zero-order valence-electron chi connectivity index (χ0n) is 16.4. The molecule has 134 valence electrons. The van der Waals surface area contributed by atoms with Crippen LogP contribution in [0.1, 0.15) is 73.1 Å². The Labute approximate surface area is 148 Å². The molecule has 0 saturated heterocycles. The maximum absolute atomic E-state index is 4.84. The fraction of sp³-hybridized carbons (Fsp3) is 0.714. The molecule has 0 fully saturated rings. The van der Waals surface area contributed by atoms with Crippen molar-refractivity contribution in [3.8, 4) is 0 Å². The van der Waals surface area contributed by atoms with Crippen LogP contribution in [0.4, 0.5) is 0 Å². The van der Waals surface area contributed by atoms with E-state index in [0.717, 1.165) is 31.8 Å². The van der Waals surface area contributed by atoms with E-state index in [1.165, 1.54) is 43.5 Å². The minimum Gasteiger partial charge on any atom is -0.369 e. The molecular formula is C21H35N3. The predicted octanol–water partition coefficient (Wildman–Crippen LogP) is 5.32. The fourth-order valence-electron chi connectivity index (χ4n) is 3.75. The lowest BCUT2D eigenvalue weighted by atomic mass is 9.82. The van der Waals surface area contributed by atoms with Crippen molar-refractivity contribution in [3.63, 3.8) is 0 Å². The summed E-state index contributed by atoms with van der Waals surface area (Å²) >= 11 is 0. The average Bonchev–Trinajstić information content (AvgIpc) is 2.69. The van der Waals surface area contributed by atoms with Crippen molar-refractivity contribution in [2.75, 3.05) is 19.6 Å². The van der Waals surface area contributed by atoms with Crippen LogP contribution in [0.2, 0.25) is 0 Å². The molecule has 0 amide bonds. The summed E-state index contributed by atoms with van der Waals surface area (Å²) in [7, 11) is 0. The predicted molar refractivity (Wildman–Crippen MR) is 104 cm³/mol. The van der Waals surface area contributed by atoms with Gasteiger partial charge in [-0.2, -0.15) is 5.10 Å². The van der Waals surface area contributed by atoms with Crippen LogP contribution in [-0.4, -0.2) is 35.3 Å². The van der Waals surface area contributed by atoms with Crippen LogP contribution < -0.4 is 0 Å². The summed E-state index contributed by atoms with van der Waals surface area (Å²) in [5.41, 5.74) is 7.46. The van der Waals surface area contributed by atoms with E-state index >= 15 is 0 Å². The molecule has 0 N–H and O–H groups in total. The third kappa shape index (κ3) is 4.54. The monoisotopic (exact) mass is 329 g/mol. The third-order valence-electron chi connectivity index (χ3n) is 4.96. The minimum atomic E-state index is 0.286. The maximum atomic E-state index is 4.84. The molecule has 0 aliphatic carbocycles. The molecule has 0 radical (unpaired) electrons. The topological polar surface area (TPSA) is 18.8 Å². The number of rotatable bonds is 8. The molecule has 24 heavy (non-hydrogen) atoms. The van der Waals surface area contributed by atoms with Gasteiger partial charge in [-0.15, -0.1) is 0 Å². The fourth-order valence-corrected chi connectivity index (χ4v) is 3.75. The van der Waals surface area contributed by atoms with Gasteiger partial charge in [0.15, 0.2) is 0 Å². The van der Waals surface area contributed by atoms with E-state index < -0.39 is 0 Å². The van der Waals surface area contributed by atoms with Crippen molar-refractivity contribution in [2.45, 2.75) is 73.1 Å². The van der Waals surface area contributed by atoms with Gasteiger partial charge in [-0.1, -0.05) is 46.3 Å². The van der Waals surface area contributed by atoms with Gasteiger partial charge in [0.05, 0.1) is 11.4 Å². The van der Waals surface area contributed by atoms with Gasteiger partial charge in [-0.3, -0.25) is 5.01 Å². The molecule has 2 aliphatic heterocycles. The molecule has 0 bridgehead atoms. The smallest absolute Gasteiger partial charge is 0.124 e. The van der Waals surface area contributed by atoms with Crippen LogP contribution in [0.15, 0.2) is 34.4 Å². The van der Waals surface area contributed by atoms with Gasteiger partial charge in [0.1, 0.15) is 5.70 Å². The number of nitrogens with zero attached hydrogens (tertiary/aromatic N) is 3. The molecule has 0 aromatic heterocycles. The minimum absolute atomic E-state index is 0.286. The van der Waals surface area contributed by atoms with E-state index in [0.29, 0.717) is 0 Å². The van der Waals surface area contributed by atoms with Crippen molar-refractivity contribution in [2.24, 2.45) is 10.5 Å². The third-order valence-corrected chi connectivity index (χ3v) is 4.96. The second-order valence-corrected chi connectivity index (χ2v) is 7.63. The lowest BCUT2D eigenvalue weighted by Gasteiger charge is -2.37. The van der Waals surface area contributed by atoms with E-state index in [2.05, 4.69) is 62.4 Å². The van der Waals surface area contributed by atoms with E-state index in [-0.39, 0.29) is 5.41 Å². The zero-order valence-corrected chi connectivity index (χ0v) is 16.4. The van der Waals surface area contributed by atoms with Crippen molar-refractivity contribution in [3.05, 3.63) is 29.3 Å². The maximum Gasteiger partial charge on any atom is 0.124 e. The lowest BCUT2D eigenvalue weighted by molar-refractivity contribution is 0.187. The highest BCUT2D eigenvalue weighted by Crippen LogP contribution is 2.35. The first kappa shape index (κ1) is 18.9. The molecule has 0 spiro atoms. The molecule has 2 rings (SSSR count). The van der Waals surface area contributed by atoms with Gasteiger partial charge in [0.25, 0.3) is 0 Å². The first-order chi connectivity index (χ1) is 11.5. The highest BCUT2D eigenvalue weighted by atomic mass is 15.5.